The van der Waals surface area contributed by atoms with Crippen molar-refractivity contribution in [2.45, 2.75) is 26.1 Å². The number of benzene rings is 2. The van der Waals surface area contributed by atoms with E-state index in [4.69, 9.17) is 18.9 Å². The molecule has 0 aromatic heterocycles. The molecule has 0 saturated heterocycles. The van der Waals surface area contributed by atoms with Gasteiger partial charge in [-0.2, -0.15) is 5.10 Å². The van der Waals surface area contributed by atoms with Crippen LogP contribution in [0.25, 0.3) is 0 Å². The van der Waals surface area contributed by atoms with Gasteiger partial charge in [-0.25, -0.2) is 9.59 Å². The second-order valence-electron chi connectivity index (χ2n) is 8.62. The Labute approximate surface area is 249 Å². The molecule has 14 nitrogen and oxygen atoms in total. The molecule has 2 atom stereocenters. The predicted molar refractivity (Wildman–Crippen MR) is 155 cm³/mol. The van der Waals surface area contributed by atoms with E-state index in [2.05, 4.69) is 43.7 Å². The van der Waals surface area contributed by atoms with Gasteiger partial charge in [0.15, 0.2) is 17.7 Å². The Morgan fingerprint density at radius 1 is 1.29 bits per heavy atom. The standard InChI is InChI=1S/C27H30BrN5O9/c1-5-9-41-25-18(28)10-16(11-19(25)33(37)38)13-29-32-22(34)14-42-20-8-7-17(12-21(20)40-6-2)24-23(26(35)39-4)15(3)30-27(36)31-24/h5,7-8,10-13,22,24,32,34H,1,6,9,14H2,2-4H3,(H2,30,31,36)/b29-13+/t22-,24+/m0/s1. The number of carbonyl (C=O) groups is 2. The van der Waals surface area contributed by atoms with E-state index in [1.807, 2.05) is 0 Å². The number of rotatable bonds is 14. The lowest BCUT2D eigenvalue weighted by Crippen LogP contribution is -2.45. The molecule has 42 heavy (non-hydrogen) atoms. The molecule has 4 N–H and O–H groups in total. The number of halogens is 1. The lowest BCUT2D eigenvalue weighted by atomic mass is 9.95. The number of nitrogens with zero attached hydrogens (tertiary/aromatic N) is 2. The molecule has 224 valence electrons. The maximum Gasteiger partial charge on any atom is 0.337 e. The Balaban J connectivity index is 1.70. The average Bonchev–Trinajstić information content (AvgIpc) is 2.95. The monoisotopic (exact) mass is 647 g/mol. The fraction of sp³-hybridized carbons (Fsp3) is 0.296. The second kappa shape index (κ2) is 14.8. The van der Waals surface area contributed by atoms with Crippen LogP contribution in [-0.4, -0.2) is 61.4 Å². The first kappa shape index (κ1) is 31.9. The molecule has 0 aliphatic carbocycles. The number of ether oxygens (including phenoxy) is 4. The van der Waals surface area contributed by atoms with Crippen LogP contribution in [0.4, 0.5) is 10.5 Å². The third-order valence-electron chi connectivity index (χ3n) is 5.70. The van der Waals surface area contributed by atoms with Crippen molar-refractivity contribution >= 4 is 39.8 Å². The van der Waals surface area contributed by atoms with Gasteiger partial charge in [-0.1, -0.05) is 18.7 Å². The molecule has 0 bridgehead atoms. The molecule has 0 radical (unpaired) electrons. The predicted octanol–water partition coefficient (Wildman–Crippen LogP) is 3.44. The summed E-state index contributed by atoms with van der Waals surface area (Å²) >= 11 is 3.26. The van der Waals surface area contributed by atoms with Crippen LogP contribution in [-0.2, 0) is 9.53 Å². The van der Waals surface area contributed by atoms with Crippen molar-refractivity contribution in [1.82, 2.24) is 16.1 Å². The average molecular weight is 648 g/mol. The van der Waals surface area contributed by atoms with Crippen molar-refractivity contribution < 1.29 is 38.6 Å². The summed E-state index contributed by atoms with van der Waals surface area (Å²) in [4.78, 5) is 35.4. The van der Waals surface area contributed by atoms with E-state index < -0.39 is 29.2 Å². The molecule has 0 fully saturated rings. The van der Waals surface area contributed by atoms with Gasteiger partial charge in [-0.05, 0) is 53.5 Å². The van der Waals surface area contributed by atoms with Crippen molar-refractivity contribution in [2.75, 3.05) is 26.9 Å². The molecule has 2 aromatic carbocycles. The summed E-state index contributed by atoms with van der Waals surface area (Å²) in [6.45, 7) is 7.05. The SMILES string of the molecule is C=CCOc1c(Br)cc(/C=N/N[C@@H](O)COc2ccc([C@H]3NC(=O)NC(C)=C3C(=O)OC)cc2OCC)cc1[N+](=O)[O-]. The third kappa shape index (κ3) is 7.98. The van der Waals surface area contributed by atoms with E-state index >= 15 is 0 Å². The third-order valence-corrected chi connectivity index (χ3v) is 6.29. The first-order chi connectivity index (χ1) is 20.1. The zero-order valence-corrected chi connectivity index (χ0v) is 24.6. The van der Waals surface area contributed by atoms with Crippen LogP contribution in [0.1, 0.15) is 31.0 Å². The van der Waals surface area contributed by atoms with Gasteiger partial charge >= 0.3 is 17.7 Å². The number of hydrogen-bond donors (Lipinski definition) is 4. The normalized spacial score (nSPS) is 15.4. The van der Waals surface area contributed by atoms with E-state index in [-0.39, 0.29) is 30.2 Å². The van der Waals surface area contributed by atoms with Crippen LogP contribution in [0.2, 0.25) is 0 Å². The highest BCUT2D eigenvalue weighted by Gasteiger charge is 2.32. The minimum Gasteiger partial charge on any atom is -0.490 e. The number of hydrazone groups is 1. The summed E-state index contributed by atoms with van der Waals surface area (Å²) < 4.78 is 22.0. The minimum atomic E-state index is -1.26. The fourth-order valence-corrected chi connectivity index (χ4v) is 4.50. The van der Waals surface area contributed by atoms with Gasteiger partial charge in [0, 0.05) is 17.3 Å². The summed E-state index contributed by atoms with van der Waals surface area (Å²) in [7, 11) is 1.25. The quantitative estimate of drug-likeness (QED) is 0.0591. The van der Waals surface area contributed by atoms with E-state index in [0.29, 0.717) is 39.4 Å². The maximum absolute atomic E-state index is 12.4. The molecule has 0 spiro atoms. The summed E-state index contributed by atoms with van der Waals surface area (Å²) in [6, 6.07) is 6.44. The molecule has 1 aliphatic rings. The van der Waals surface area contributed by atoms with Crippen LogP contribution in [0.5, 0.6) is 17.2 Å². The number of allylic oxidation sites excluding steroid dienone is 1. The number of carbonyl (C=O) groups excluding carboxylic acids is 2. The van der Waals surface area contributed by atoms with E-state index in [9.17, 15) is 24.8 Å². The molecular weight excluding hydrogens is 618 g/mol. The summed E-state index contributed by atoms with van der Waals surface area (Å²) in [5.74, 6) is 0.0682. The number of methoxy groups -OCH3 is 1. The molecule has 1 heterocycles. The van der Waals surface area contributed by atoms with Crippen LogP contribution < -0.4 is 30.3 Å². The molecule has 15 heteroatoms. The fourth-order valence-electron chi connectivity index (χ4n) is 3.91. The number of aliphatic hydroxyl groups excluding tert-OH is 1. The minimum absolute atomic E-state index is 0.0600. The highest BCUT2D eigenvalue weighted by Crippen LogP contribution is 2.37. The Bertz CT molecular complexity index is 1410. The van der Waals surface area contributed by atoms with Crippen LogP contribution >= 0.6 is 15.9 Å². The van der Waals surface area contributed by atoms with Gasteiger partial charge < -0.3 is 34.7 Å². The van der Waals surface area contributed by atoms with Gasteiger partial charge in [0.05, 0.1) is 40.9 Å². The van der Waals surface area contributed by atoms with Crippen LogP contribution in [0.3, 0.4) is 0 Å². The number of esters is 1. The van der Waals surface area contributed by atoms with Gasteiger partial charge in [0.25, 0.3) is 0 Å². The van der Waals surface area contributed by atoms with Gasteiger partial charge in [-0.3, -0.25) is 15.5 Å². The highest BCUT2D eigenvalue weighted by atomic mass is 79.9. The molecule has 3 rings (SSSR count). The Morgan fingerprint density at radius 2 is 2.05 bits per heavy atom. The zero-order valence-electron chi connectivity index (χ0n) is 23.0. The number of nitro groups is 1. The zero-order chi connectivity index (χ0) is 30.8. The molecule has 2 amide bonds. The summed E-state index contributed by atoms with van der Waals surface area (Å²) in [5.41, 5.74) is 3.74. The number of urea groups is 1. The summed E-state index contributed by atoms with van der Waals surface area (Å²) in [5, 5.41) is 31.0. The van der Waals surface area contributed by atoms with Crippen molar-refractivity contribution in [1.29, 1.82) is 0 Å². The highest BCUT2D eigenvalue weighted by molar-refractivity contribution is 9.10. The Kier molecular flexibility index (Phi) is 11.3. The Hall–Kier alpha value is -4.63. The first-order valence-electron chi connectivity index (χ1n) is 12.5. The van der Waals surface area contributed by atoms with E-state index in [1.165, 1.54) is 25.5 Å². The van der Waals surface area contributed by atoms with Gasteiger partial charge in [0.1, 0.15) is 13.2 Å². The smallest absolute Gasteiger partial charge is 0.337 e. The molecule has 0 unspecified atom stereocenters. The second-order valence-corrected chi connectivity index (χ2v) is 9.48. The molecule has 2 aromatic rings. The molecule has 1 aliphatic heterocycles. The van der Waals surface area contributed by atoms with Gasteiger partial charge in [0.2, 0.25) is 5.75 Å². The topological polar surface area (TPSA) is 183 Å². The van der Waals surface area contributed by atoms with Crippen molar-refractivity contribution in [3.05, 3.63) is 80.0 Å². The number of hydrogen-bond acceptors (Lipinski definition) is 11. The lowest BCUT2D eigenvalue weighted by molar-refractivity contribution is -0.385. The van der Waals surface area contributed by atoms with Crippen molar-refractivity contribution in [2.24, 2.45) is 5.10 Å². The molecular formula is C27H30BrN5O9. The maximum atomic E-state index is 12.4. The van der Waals surface area contributed by atoms with Crippen molar-refractivity contribution in [3.8, 4) is 17.2 Å². The number of nitrogens with one attached hydrogen (secondary N) is 3. The van der Waals surface area contributed by atoms with Crippen LogP contribution in [0, 0.1) is 10.1 Å². The number of amides is 2. The lowest BCUT2D eigenvalue weighted by Gasteiger charge is -2.28. The van der Waals surface area contributed by atoms with Gasteiger partial charge in [-0.15, -0.1) is 0 Å². The van der Waals surface area contributed by atoms with Crippen LogP contribution in [0.15, 0.2) is 63.8 Å². The molecule has 0 saturated carbocycles. The first-order valence-corrected chi connectivity index (χ1v) is 13.3. The summed E-state index contributed by atoms with van der Waals surface area (Å²) in [6.07, 6.45) is 1.50. The number of aliphatic hydroxyl groups is 1. The number of nitro benzene ring substituents is 1. The largest absolute Gasteiger partial charge is 0.490 e. The van der Waals surface area contributed by atoms with E-state index in [1.54, 1.807) is 38.1 Å². The Morgan fingerprint density at radius 3 is 2.71 bits per heavy atom. The van der Waals surface area contributed by atoms with Crippen molar-refractivity contribution in [3.63, 3.8) is 0 Å². The van der Waals surface area contributed by atoms with E-state index in [0.717, 1.165) is 0 Å².